The molecule has 0 radical (unpaired) electrons. The van der Waals surface area contributed by atoms with Crippen molar-refractivity contribution in [3.63, 3.8) is 0 Å². The van der Waals surface area contributed by atoms with Crippen LogP contribution in [0.25, 0.3) is 0 Å². The Kier molecular flexibility index (Phi) is 4.24. The third kappa shape index (κ3) is 3.43. The van der Waals surface area contributed by atoms with Crippen molar-refractivity contribution in [2.24, 2.45) is 11.8 Å². The number of amides is 1. The molecule has 0 spiro atoms. The molecule has 114 valence electrons. The van der Waals surface area contributed by atoms with Gasteiger partial charge in [0.2, 0.25) is 5.91 Å². The molecule has 1 aromatic rings. The molecule has 1 aromatic carbocycles. The number of piperidine rings is 1. The first-order chi connectivity index (χ1) is 10.1. The molecule has 1 aliphatic heterocycles. The van der Waals surface area contributed by atoms with Crippen LogP contribution in [-0.2, 0) is 11.3 Å². The minimum Gasteiger partial charge on any atom is -0.342 e. The lowest BCUT2D eigenvalue weighted by Gasteiger charge is -2.37. The molecule has 3 nitrogen and oxygen atoms in total. The number of carbonyl (C=O) groups is 1. The number of hydrogen-bond donors (Lipinski definition) is 1. The lowest BCUT2D eigenvalue weighted by Crippen LogP contribution is -2.50. The second-order valence-electron chi connectivity index (χ2n) is 6.40. The van der Waals surface area contributed by atoms with Crippen LogP contribution in [0.2, 0.25) is 0 Å². The zero-order valence-corrected chi connectivity index (χ0v) is 12.5. The molecule has 3 rings (SSSR count). The smallest absolute Gasteiger partial charge is 0.225 e. The Balaban J connectivity index is 1.51. The molecule has 0 unspecified atom stereocenters. The molecular formula is C17H23FN2O. The summed E-state index contributed by atoms with van der Waals surface area (Å²) >= 11 is 0. The maximum Gasteiger partial charge on any atom is 0.225 e. The summed E-state index contributed by atoms with van der Waals surface area (Å²) in [4.78, 5) is 14.1. The van der Waals surface area contributed by atoms with Gasteiger partial charge in [0.25, 0.3) is 0 Å². The standard InChI is InChI=1S/C17H23FN2O/c1-12-11-20(17(21)13-6-7-13)9-8-16(12)19-10-14-4-2-3-5-15(14)18/h2-5,12-13,16,19H,6-11H2,1H3/t12-,16+/m0/s1. The van der Waals surface area contributed by atoms with Crippen molar-refractivity contribution in [2.45, 2.75) is 38.8 Å². The van der Waals surface area contributed by atoms with Gasteiger partial charge in [-0.05, 0) is 31.2 Å². The summed E-state index contributed by atoms with van der Waals surface area (Å²) < 4.78 is 13.6. The first-order valence-electron chi connectivity index (χ1n) is 7.90. The molecule has 1 saturated carbocycles. The maximum absolute atomic E-state index is 13.6. The van der Waals surface area contributed by atoms with E-state index in [0.717, 1.165) is 32.4 Å². The number of nitrogens with one attached hydrogen (secondary N) is 1. The average molecular weight is 290 g/mol. The molecule has 1 saturated heterocycles. The molecule has 1 aliphatic carbocycles. The van der Waals surface area contributed by atoms with Gasteiger partial charge in [-0.2, -0.15) is 0 Å². The van der Waals surface area contributed by atoms with Crippen LogP contribution in [0, 0.1) is 17.7 Å². The molecule has 2 atom stereocenters. The maximum atomic E-state index is 13.6. The Morgan fingerprint density at radius 2 is 2.10 bits per heavy atom. The van der Waals surface area contributed by atoms with Crippen LogP contribution < -0.4 is 5.32 Å². The summed E-state index contributed by atoms with van der Waals surface area (Å²) in [5, 5.41) is 3.45. The lowest BCUT2D eigenvalue weighted by molar-refractivity contribution is -0.134. The topological polar surface area (TPSA) is 32.3 Å². The number of rotatable bonds is 4. The van der Waals surface area contributed by atoms with Crippen molar-refractivity contribution in [1.82, 2.24) is 10.2 Å². The summed E-state index contributed by atoms with van der Waals surface area (Å²) in [6.45, 7) is 4.38. The van der Waals surface area contributed by atoms with Gasteiger partial charge in [0.05, 0.1) is 0 Å². The summed E-state index contributed by atoms with van der Waals surface area (Å²) in [7, 11) is 0. The van der Waals surface area contributed by atoms with Crippen LogP contribution in [-0.4, -0.2) is 29.9 Å². The normalized spacial score (nSPS) is 25.9. The predicted molar refractivity (Wildman–Crippen MR) is 80.1 cm³/mol. The molecule has 1 N–H and O–H groups in total. The van der Waals surface area contributed by atoms with Crippen molar-refractivity contribution in [1.29, 1.82) is 0 Å². The van der Waals surface area contributed by atoms with E-state index in [4.69, 9.17) is 0 Å². The van der Waals surface area contributed by atoms with E-state index < -0.39 is 0 Å². The molecule has 1 heterocycles. The van der Waals surface area contributed by atoms with E-state index in [1.807, 2.05) is 17.0 Å². The number of halogens is 1. The van der Waals surface area contributed by atoms with Gasteiger partial charge in [-0.1, -0.05) is 25.1 Å². The van der Waals surface area contributed by atoms with Gasteiger partial charge >= 0.3 is 0 Å². The number of benzene rings is 1. The minimum absolute atomic E-state index is 0.154. The van der Waals surface area contributed by atoms with Gasteiger partial charge in [0, 0.05) is 37.2 Å². The third-order valence-corrected chi connectivity index (χ3v) is 4.66. The molecule has 0 bridgehead atoms. The Hall–Kier alpha value is -1.42. The van der Waals surface area contributed by atoms with Gasteiger partial charge in [0.15, 0.2) is 0 Å². The van der Waals surface area contributed by atoms with Crippen LogP contribution in [0.3, 0.4) is 0 Å². The highest BCUT2D eigenvalue weighted by molar-refractivity contribution is 5.81. The fourth-order valence-electron chi connectivity index (χ4n) is 3.12. The monoisotopic (exact) mass is 290 g/mol. The van der Waals surface area contributed by atoms with Gasteiger partial charge in [-0.15, -0.1) is 0 Å². The molecule has 2 aliphatic rings. The number of likely N-dealkylation sites (tertiary alicyclic amines) is 1. The van der Waals surface area contributed by atoms with E-state index in [2.05, 4.69) is 12.2 Å². The summed E-state index contributed by atoms with van der Waals surface area (Å²) in [6, 6.07) is 7.24. The van der Waals surface area contributed by atoms with Crippen molar-refractivity contribution < 1.29 is 9.18 Å². The van der Waals surface area contributed by atoms with Gasteiger partial charge in [-0.25, -0.2) is 4.39 Å². The van der Waals surface area contributed by atoms with E-state index in [1.54, 1.807) is 6.07 Å². The summed E-state index contributed by atoms with van der Waals surface area (Å²) in [6.07, 6.45) is 3.09. The zero-order chi connectivity index (χ0) is 14.8. The van der Waals surface area contributed by atoms with Gasteiger partial charge < -0.3 is 10.2 Å². The highest BCUT2D eigenvalue weighted by atomic mass is 19.1. The van der Waals surface area contributed by atoms with E-state index in [1.165, 1.54) is 6.07 Å². The zero-order valence-electron chi connectivity index (χ0n) is 12.5. The lowest BCUT2D eigenvalue weighted by atomic mass is 9.93. The molecule has 0 aromatic heterocycles. The number of hydrogen-bond acceptors (Lipinski definition) is 2. The van der Waals surface area contributed by atoms with E-state index >= 15 is 0 Å². The summed E-state index contributed by atoms with van der Waals surface area (Å²) in [5.74, 6) is 0.904. The van der Waals surface area contributed by atoms with E-state index in [0.29, 0.717) is 35.9 Å². The van der Waals surface area contributed by atoms with Gasteiger partial charge in [-0.3, -0.25) is 4.79 Å². The van der Waals surface area contributed by atoms with Crippen molar-refractivity contribution in [3.8, 4) is 0 Å². The highest BCUT2D eigenvalue weighted by Gasteiger charge is 2.36. The van der Waals surface area contributed by atoms with Crippen LogP contribution in [0.1, 0.15) is 31.7 Å². The largest absolute Gasteiger partial charge is 0.342 e. The second kappa shape index (κ2) is 6.14. The van der Waals surface area contributed by atoms with Crippen LogP contribution in [0.4, 0.5) is 4.39 Å². The van der Waals surface area contributed by atoms with E-state index in [9.17, 15) is 9.18 Å². The SMILES string of the molecule is C[C@H]1CN(C(=O)C2CC2)CC[C@H]1NCc1ccccc1F. The second-order valence-corrected chi connectivity index (χ2v) is 6.40. The predicted octanol–water partition coefficient (Wildman–Crippen LogP) is 2.56. The molecule has 1 amide bonds. The molecular weight excluding hydrogens is 267 g/mol. The highest BCUT2D eigenvalue weighted by Crippen LogP contribution is 2.32. The van der Waals surface area contributed by atoms with Crippen LogP contribution in [0.5, 0.6) is 0 Å². The van der Waals surface area contributed by atoms with Crippen LogP contribution >= 0.6 is 0 Å². The average Bonchev–Trinajstić information content (AvgIpc) is 3.31. The summed E-state index contributed by atoms with van der Waals surface area (Å²) in [5.41, 5.74) is 0.709. The molecule has 2 fully saturated rings. The number of carbonyl (C=O) groups excluding carboxylic acids is 1. The van der Waals surface area contributed by atoms with Crippen molar-refractivity contribution in [3.05, 3.63) is 35.6 Å². The minimum atomic E-state index is -0.154. The third-order valence-electron chi connectivity index (χ3n) is 4.66. The quantitative estimate of drug-likeness (QED) is 0.924. The molecule has 21 heavy (non-hydrogen) atoms. The van der Waals surface area contributed by atoms with Gasteiger partial charge in [0.1, 0.15) is 5.82 Å². The first-order valence-corrected chi connectivity index (χ1v) is 7.90. The van der Waals surface area contributed by atoms with Crippen molar-refractivity contribution >= 4 is 5.91 Å². The fourth-order valence-corrected chi connectivity index (χ4v) is 3.12. The van der Waals surface area contributed by atoms with E-state index in [-0.39, 0.29) is 5.82 Å². The number of nitrogens with zero attached hydrogens (tertiary/aromatic N) is 1. The Morgan fingerprint density at radius 1 is 1.33 bits per heavy atom. The Morgan fingerprint density at radius 3 is 2.76 bits per heavy atom. The van der Waals surface area contributed by atoms with Crippen LogP contribution in [0.15, 0.2) is 24.3 Å². The fraction of sp³-hybridized carbons (Fsp3) is 0.588. The Labute approximate surface area is 125 Å². The molecule has 4 heteroatoms. The Bertz CT molecular complexity index is 515. The first kappa shape index (κ1) is 14.5. The van der Waals surface area contributed by atoms with Crippen molar-refractivity contribution in [2.75, 3.05) is 13.1 Å².